The van der Waals surface area contributed by atoms with Gasteiger partial charge in [0, 0.05) is 44.4 Å². The van der Waals surface area contributed by atoms with Crippen LogP contribution in [0.25, 0.3) is 15.5 Å². The van der Waals surface area contributed by atoms with Crippen LogP contribution in [-0.4, -0.2) is 63.6 Å². The maximum Gasteiger partial charge on any atom is 0.275 e. The Morgan fingerprint density at radius 2 is 1.68 bits per heavy atom. The number of aromatic nitrogens is 3. The topological polar surface area (TPSA) is 80.0 Å². The number of fused-ring (bicyclic) bond motifs is 1. The first-order valence-corrected chi connectivity index (χ1v) is 14.4. The second-order valence-electron chi connectivity index (χ2n) is 11.7. The van der Waals surface area contributed by atoms with Gasteiger partial charge >= 0.3 is 0 Å². The van der Waals surface area contributed by atoms with Gasteiger partial charge in [0.15, 0.2) is 0 Å². The van der Waals surface area contributed by atoms with Crippen molar-refractivity contribution >= 4 is 22.2 Å². The number of amides is 1. The summed E-state index contributed by atoms with van der Waals surface area (Å²) < 4.78 is 6.62. The molecule has 37 heavy (non-hydrogen) atoms. The first-order valence-electron chi connectivity index (χ1n) is 13.5. The summed E-state index contributed by atoms with van der Waals surface area (Å²) in [5, 5.41) is 5.25. The highest BCUT2D eigenvalue weighted by Crippen LogP contribution is 2.60. The third kappa shape index (κ3) is 4.16. The van der Waals surface area contributed by atoms with E-state index in [1.165, 1.54) is 35.1 Å². The minimum Gasteiger partial charge on any atom is -0.497 e. The van der Waals surface area contributed by atoms with E-state index in [9.17, 15) is 9.59 Å². The molecule has 4 bridgehead atoms. The maximum atomic E-state index is 13.7. The normalized spacial score (nSPS) is 29.2. The molecule has 3 aromatic rings. The molecule has 5 fully saturated rings. The lowest BCUT2D eigenvalue weighted by molar-refractivity contribution is -0.159. The molecule has 9 heteroatoms. The molecule has 0 radical (unpaired) electrons. The summed E-state index contributed by atoms with van der Waals surface area (Å²) in [7, 11) is 1.64. The van der Waals surface area contributed by atoms with Gasteiger partial charge in [0.25, 0.3) is 5.56 Å². The van der Waals surface area contributed by atoms with Gasteiger partial charge in [-0.15, -0.1) is 0 Å². The van der Waals surface area contributed by atoms with Crippen LogP contribution in [-0.2, 0) is 11.3 Å². The molecule has 1 amide bonds. The molecule has 5 aliphatic rings. The summed E-state index contributed by atoms with van der Waals surface area (Å²) in [4.78, 5) is 36.3. The lowest BCUT2D eigenvalue weighted by Gasteiger charge is -2.57. The average Bonchev–Trinajstić information content (AvgIpc) is 3.33. The Kier molecular flexibility index (Phi) is 5.62. The lowest BCUT2D eigenvalue weighted by Crippen LogP contribution is -2.58. The molecule has 0 N–H and O–H groups in total. The fourth-order valence-electron chi connectivity index (χ4n) is 7.83. The number of benzene rings is 1. The number of piperazine rings is 1. The molecule has 1 aliphatic heterocycles. The van der Waals surface area contributed by atoms with Crippen molar-refractivity contribution in [3.63, 3.8) is 0 Å². The first-order chi connectivity index (χ1) is 18.0. The quantitative estimate of drug-likeness (QED) is 0.512. The van der Waals surface area contributed by atoms with Crippen molar-refractivity contribution in [3.8, 4) is 16.3 Å². The molecule has 8 nitrogen and oxygen atoms in total. The van der Waals surface area contributed by atoms with E-state index >= 15 is 0 Å². The smallest absolute Gasteiger partial charge is 0.275 e. The number of rotatable bonds is 5. The van der Waals surface area contributed by atoms with E-state index in [2.05, 4.69) is 14.9 Å². The number of carbonyl (C=O) groups is 1. The van der Waals surface area contributed by atoms with Gasteiger partial charge in [-0.2, -0.15) is 9.61 Å². The van der Waals surface area contributed by atoms with Gasteiger partial charge in [0.2, 0.25) is 10.9 Å². The highest BCUT2D eigenvalue weighted by molar-refractivity contribution is 7.19. The van der Waals surface area contributed by atoms with Crippen molar-refractivity contribution in [2.45, 2.75) is 45.1 Å². The van der Waals surface area contributed by atoms with Gasteiger partial charge in [0.1, 0.15) is 10.8 Å². The molecule has 4 aliphatic carbocycles. The fourth-order valence-corrected chi connectivity index (χ4v) is 8.76. The van der Waals surface area contributed by atoms with Crippen LogP contribution in [0.2, 0.25) is 0 Å². The second-order valence-corrected chi connectivity index (χ2v) is 12.6. The number of hydrogen-bond donors (Lipinski definition) is 0. The molecule has 3 heterocycles. The van der Waals surface area contributed by atoms with Crippen LogP contribution in [0.15, 0.2) is 35.1 Å². The zero-order valence-electron chi connectivity index (χ0n) is 21.3. The zero-order chi connectivity index (χ0) is 25.1. The van der Waals surface area contributed by atoms with Gasteiger partial charge in [-0.05, 0) is 80.5 Å². The predicted molar refractivity (Wildman–Crippen MR) is 142 cm³/mol. The van der Waals surface area contributed by atoms with E-state index in [-0.39, 0.29) is 11.0 Å². The van der Waals surface area contributed by atoms with E-state index in [1.54, 1.807) is 13.2 Å². The molecule has 194 valence electrons. The Morgan fingerprint density at radius 3 is 2.30 bits per heavy atom. The van der Waals surface area contributed by atoms with E-state index in [0.717, 1.165) is 85.2 Å². The largest absolute Gasteiger partial charge is 0.497 e. The van der Waals surface area contributed by atoms with Gasteiger partial charge in [-0.3, -0.25) is 14.5 Å². The summed E-state index contributed by atoms with van der Waals surface area (Å²) in [5.74, 6) is 3.57. The summed E-state index contributed by atoms with van der Waals surface area (Å²) in [6.07, 6.45) is 7.45. The summed E-state index contributed by atoms with van der Waals surface area (Å²) in [6.45, 7) is 3.78. The summed E-state index contributed by atoms with van der Waals surface area (Å²) >= 11 is 1.41. The highest BCUT2D eigenvalue weighted by Gasteiger charge is 2.55. The molecule has 0 spiro atoms. The Morgan fingerprint density at radius 1 is 1.03 bits per heavy atom. The van der Waals surface area contributed by atoms with Crippen molar-refractivity contribution in [2.24, 2.45) is 23.2 Å². The second kappa shape index (κ2) is 8.91. The number of carbonyl (C=O) groups excluding carboxylic acids is 1. The minimum absolute atomic E-state index is 0.0635. The van der Waals surface area contributed by atoms with Crippen LogP contribution in [0, 0.1) is 23.2 Å². The standard InChI is InChI=1S/C28H33N5O3S/c1-36-23-4-2-21(3-5-23)25-30-33-24(34)13-22(29-27(33)37-25)17-31-6-8-32(9-7-31)26(35)28-14-18-10-19(15-28)12-20(11-18)16-28/h2-5,13,18-20H,6-12,14-17H2,1H3. The van der Waals surface area contributed by atoms with Crippen LogP contribution in [0.4, 0.5) is 0 Å². The predicted octanol–water partition coefficient (Wildman–Crippen LogP) is 3.69. The summed E-state index contributed by atoms with van der Waals surface area (Å²) in [5.41, 5.74) is 1.46. The Hall–Kier alpha value is -2.78. The van der Waals surface area contributed by atoms with Crippen molar-refractivity contribution in [2.75, 3.05) is 33.3 Å². The van der Waals surface area contributed by atoms with Gasteiger partial charge in [0.05, 0.1) is 18.2 Å². The third-order valence-corrected chi connectivity index (χ3v) is 10.1. The Bertz CT molecular complexity index is 1350. The van der Waals surface area contributed by atoms with Crippen molar-refractivity contribution in [3.05, 3.63) is 46.4 Å². The average molecular weight is 520 g/mol. The molecule has 8 rings (SSSR count). The van der Waals surface area contributed by atoms with Gasteiger partial charge < -0.3 is 9.64 Å². The van der Waals surface area contributed by atoms with Crippen LogP contribution < -0.4 is 10.3 Å². The molecule has 2 aromatic heterocycles. The number of methoxy groups -OCH3 is 1. The Labute approximate surface area is 220 Å². The highest BCUT2D eigenvalue weighted by atomic mass is 32.1. The van der Waals surface area contributed by atoms with E-state index in [4.69, 9.17) is 9.72 Å². The minimum atomic E-state index is -0.161. The Balaban J connectivity index is 1.02. The maximum absolute atomic E-state index is 13.7. The third-order valence-electron chi connectivity index (χ3n) is 9.17. The first kappa shape index (κ1) is 23.3. The SMILES string of the molecule is COc1ccc(-c2nn3c(=O)cc(CN4CCN(C(=O)C56CC7CC(CC(C7)C5)C6)CC4)nc3s2)cc1. The molecule has 4 saturated carbocycles. The monoisotopic (exact) mass is 519 g/mol. The molecule has 1 saturated heterocycles. The van der Waals surface area contributed by atoms with Gasteiger partial charge in [-0.1, -0.05) is 11.3 Å². The molecule has 0 unspecified atom stereocenters. The zero-order valence-corrected chi connectivity index (χ0v) is 22.1. The van der Waals surface area contributed by atoms with Crippen molar-refractivity contribution in [1.82, 2.24) is 24.4 Å². The van der Waals surface area contributed by atoms with Crippen LogP contribution >= 0.6 is 11.3 Å². The van der Waals surface area contributed by atoms with E-state index in [1.807, 2.05) is 24.3 Å². The summed E-state index contributed by atoms with van der Waals surface area (Å²) in [6, 6.07) is 9.24. The van der Waals surface area contributed by atoms with E-state index < -0.39 is 0 Å². The van der Waals surface area contributed by atoms with Crippen LogP contribution in [0.3, 0.4) is 0 Å². The molecule has 1 aromatic carbocycles. The van der Waals surface area contributed by atoms with E-state index in [0.29, 0.717) is 17.4 Å². The fraction of sp³-hybridized carbons (Fsp3) is 0.571. The molecular weight excluding hydrogens is 486 g/mol. The molecule has 0 atom stereocenters. The number of ether oxygens (including phenoxy) is 1. The van der Waals surface area contributed by atoms with Gasteiger partial charge in [-0.25, -0.2) is 4.98 Å². The van der Waals surface area contributed by atoms with Crippen molar-refractivity contribution in [1.29, 1.82) is 0 Å². The van der Waals surface area contributed by atoms with Crippen LogP contribution in [0.5, 0.6) is 5.75 Å². The lowest BCUT2D eigenvalue weighted by atomic mass is 9.49. The van der Waals surface area contributed by atoms with Crippen molar-refractivity contribution < 1.29 is 9.53 Å². The number of hydrogen-bond acceptors (Lipinski definition) is 7. The number of nitrogens with zero attached hydrogens (tertiary/aromatic N) is 5. The molecular formula is C28H33N5O3S. The van der Waals surface area contributed by atoms with Crippen LogP contribution in [0.1, 0.15) is 44.2 Å².